The fraction of sp³-hybridized carbons (Fsp3) is 0.941. The maximum absolute atomic E-state index is 5.99. The van der Waals surface area contributed by atoms with Gasteiger partial charge in [-0.15, -0.1) is 24.0 Å². The smallest absolute Gasteiger partial charge is 0.188 e. The fourth-order valence-corrected chi connectivity index (χ4v) is 3.73. The Balaban J connectivity index is 0.00000242. The molecule has 0 amide bonds. The number of nitrogens with one attached hydrogen (secondary N) is 1. The van der Waals surface area contributed by atoms with E-state index in [-0.39, 0.29) is 24.0 Å². The molecule has 5 heteroatoms. The first-order valence-corrected chi connectivity index (χ1v) is 9.02. The molecule has 0 atom stereocenters. The van der Waals surface area contributed by atoms with Crippen LogP contribution >= 0.6 is 24.0 Å². The number of hydrogen-bond donors (Lipinski definition) is 2. The Morgan fingerprint density at radius 1 is 1.05 bits per heavy atom. The Morgan fingerprint density at radius 3 is 2.27 bits per heavy atom. The van der Waals surface area contributed by atoms with Crippen molar-refractivity contribution in [3.8, 4) is 0 Å². The van der Waals surface area contributed by atoms with E-state index in [0.717, 1.165) is 25.6 Å². The molecule has 2 aliphatic carbocycles. The van der Waals surface area contributed by atoms with Gasteiger partial charge in [-0.1, -0.05) is 38.5 Å². The van der Waals surface area contributed by atoms with Crippen LogP contribution in [0.25, 0.3) is 0 Å². The van der Waals surface area contributed by atoms with E-state index >= 15 is 0 Å². The van der Waals surface area contributed by atoms with Crippen LogP contribution in [0.4, 0.5) is 0 Å². The lowest BCUT2D eigenvalue weighted by Gasteiger charge is -2.31. The first-order valence-electron chi connectivity index (χ1n) is 9.02. The highest BCUT2D eigenvalue weighted by Crippen LogP contribution is 2.21. The summed E-state index contributed by atoms with van der Waals surface area (Å²) in [6.07, 6.45) is 14.7. The third kappa shape index (κ3) is 7.49. The maximum Gasteiger partial charge on any atom is 0.188 e. The van der Waals surface area contributed by atoms with Gasteiger partial charge in [0.2, 0.25) is 0 Å². The second-order valence-electron chi connectivity index (χ2n) is 6.87. The van der Waals surface area contributed by atoms with Gasteiger partial charge in [0.1, 0.15) is 0 Å². The van der Waals surface area contributed by atoms with Crippen LogP contribution in [0.1, 0.15) is 70.6 Å². The van der Waals surface area contributed by atoms with Crippen molar-refractivity contribution in [3.63, 3.8) is 0 Å². The van der Waals surface area contributed by atoms with Crippen LogP contribution in [0.15, 0.2) is 4.99 Å². The molecule has 0 heterocycles. The number of aliphatic imine (C=N–C) groups is 1. The molecule has 0 bridgehead atoms. The fourth-order valence-electron chi connectivity index (χ4n) is 3.73. The molecular weight excluding hydrogens is 387 g/mol. The standard InChI is InChI=1S/C17H34N4.HI/c1-21(16-11-6-3-7-12-16)14-8-13-19-17(18)20-15-9-4-2-5-10-15;/h15-16H,2-14H2,1H3,(H3,18,19,20);1H. The minimum absolute atomic E-state index is 0. The van der Waals surface area contributed by atoms with Crippen molar-refractivity contribution < 1.29 is 0 Å². The average molecular weight is 422 g/mol. The van der Waals surface area contributed by atoms with E-state index in [2.05, 4.69) is 22.3 Å². The molecule has 0 saturated heterocycles. The summed E-state index contributed by atoms with van der Waals surface area (Å²) in [4.78, 5) is 7.02. The van der Waals surface area contributed by atoms with E-state index in [1.165, 1.54) is 64.2 Å². The van der Waals surface area contributed by atoms with Crippen LogP contribution in [0.2, 0.25) is 0 Å². The van der Waals surface area contributed by atoms with Gasteiger partial charge in [-0.3, -0.25) is 4.99 Å². The maximum atomic E-state index is 5.99. The third-order valence-electron chi connectivity index (χ3n) is 5.11. The van der Waals surface area contributed by atoms with Gasteiger partial charge in [0.05, 0.1) is 0 Å². The number of halogens is 1. The Bertz CT molecular complexity index is 310. The second kappa shape index (κ2) is 11.5. The highest BCUT2D eigenvalue weighted by molar-refractivity contribution is 14.0. The number of nitrogens with two attached hydrogens (primary N) is 1. The van der Waals surface area contributed by atoms with E-state index in [1.54, 1.807) is 0 Å². The average Bonchev–Trinajstić information content (AvgIpc) is 2.53. The molecule has 0 aromatic heterocycles. The van der Waals surface area contributed by atoms with Crippen molar-refractivity contribution >= 4 is 29.9 Å². The minimum atomic E-state index is 0. The quantitative estimate of drug-likeness (QED) is 0.298. The normalized spacial score (nSPS) is 21.6. The summed E-state index contributed by atoms with van der Waals surface area (Å²) in [5.41, 5.74) is 5.99. The lowest BCUT2D eigenvalue weighted by Crippen LogP contribution is -2.41. The summed E-state index contributed by atoms with van der Waals surface area (Å²) in [6, 6.07) is 1.37. The highest BCUT2D eigenvalue weighted by Gasteiger charge is 2.17. The largest absolute Gasteiger partial charge is 0.370 e. The Kier molecular flexibility index (Phi) is 10.4. The molecule has 130 valence electrons. The van der Waals surface area contributed by atoms with E-state index in [9.17, 15) is 0 Å². The zero-order valence-electron chi connectivity index (χ0n) is 14.2. The third-order valence-corrected chi connectivity index (χ3v) is 5.11. The topological polar surface area (TPSA) is 53.6 Å². The molecule has 0 aromatic rings. The lowest BCUT2D eigenvalue weighted by atomic mass is 9.94. The number of rotatable bonds is 6. The molecule has 2 aliphatic rings. The van der Waals surface area contributed by atoms with Gasteiger partial charge in [-0.05, 0) is 45.7 Å². The van der Waals surface area contributed by atoms with Crippen molar-refractivity contribution in [2.75, 3.05) is 20.1 Å². The summed E-state index contributed by atoms with van der Waals surface area (Å²) < 4.78 is 0. The van der Waals surface area contributed by atoms with Gasteiger partial charge in [-0.2, -0.15) is 0 Å². The van der Waals surface area contributed by atoms with Crippen LogP contribution in [0.3, 0.4) is 0 Å². The van der Waals surface area contributed by atoms with Gasteiger partial charge in [0, 0.05) is 18.6 Å². The van der Waals surface area contributed by atoms with Crippen LogP contribution in [0.5, 0.6) is 0 Å². The van der Waals surface area contributed by atoms with Crippen molar-refractivity contribution in [2.24, 2.45) is 10.7 Å². The van der Waals surface area contributed by atoms with Crippen LogP contribution in [-0.2, 0) is 0 Å². The van der Waals surface area contributed by atoms with Gasteiger partial charge in [0.25, 0.3) is 0 Å². The Labute approximate surface area is 153 Å². The molecule has 3 N–H and O–H groups in total. The summed E-state index contributed by atoms with van der Waals surface area (Å²) >= 11 is 0. The summed E-state index contributed by atoms with van der Waals surface area (Å²) in [5.74, 6) is 0.655. The molecule has 22 heavy (non-hydrogen) atoms. The van der Waals surface area contributed by atoms with E-state index in [0.29, 0.717) is 12.0 Å². The monoisotopic (exact) mass is 422 g/mol. The van der Waals surface area contributed by atoms with Gasteiger partial charge < -0.3 is 16.0 Å². The van der Waals surface area contributed by atoms with E-state index in [1.807, 2.05) is 0 Å². The predicted octanol–water partition coefficient (Wildman–Crippen LogP) is 3.50. The van der Waals surface area contributed by atoms with Crippen LogP contribution in [0, 0.1) is 0 Å². The molecule has 0 aliphatic heterocycles. The highest BCUT2D eigenvalue weighted by atomic mass is 127. The zero-order chi connectivity index (χ0) is 14.9. The van der Waals surface area contributed by atoms with E-state index in [4.69, 9.17) is 5.73 Å². The molecule has 2 rings (SSSR count). The molecule has 0 spiro atoms. The molecule has 0 unspecified atom stereocenters. The SMILES string of the molecule is CN(CCCN=C(N)NC1CCCCC1)C1CCCCC1.I. The summed E-state index contributed by atoms with van der Waals surface area (Å²) in [7, 11) is 2.27. The molecule has 4 nitrogen and oxygen atoms in total. The van der Waals surface area contributed by atoms with Crippen molar-refractivity contribution in [3.05, 3.63) is 0 Å². The van der Waals surface area contributed by atoms with Crippen LogP contribution in [-0.4, -0.2) is 43.1 Å². The van der Waals surface area contributed by atoms with Gasteiger partial charge in [-0.25, -0.2) is 0 Å². The summed E-state index contributed by atoms with van der Waals surface area (Å²) in [6.45, 7) is 1.99. The second-order valence-corrected chi connectivity index (χ2v) is 6.87. The molecule has 2 fully saturated rings. The van der Waals surface area contributed by atoms with E-state index < -0.39 is 0 Å². The minimum Gasteiger partial charge on any atom is -0.370 e. The van der Waals surface area contributed by atoms with Crippen molar-refractivity contribution in [1.82, 2.24) is 10.2 Å². The first-order chi connectivity index (χ1) is 10.3. The number of guanidine groups is 1. The van der Waals surface area contributed by atoms with Gasteiger partial charge in [0.15, 0.2) is 5.96 Å². The Morgan fingerprint density at radius 2 is 1.64 bits per heavy atom. The van der Waals surface area contributed by atoms with Crippen molar-refractivity contribution in [1.29, 1.82) is 0 Å². The zero-order valence-corrected chi connectivity index (χ0v) is 16.6. The summed E-state index contributed by atoms with van der Waals surface area (Å²) in [5, 5.41) is 3.38. The van der Waals surface area contributed by atoms with Crippen molar-refractivity contribution in [2.45, 2.75) is 82.7 Å². The first kappa shape index (κ1) is 20.0. The molecule has 2 saturated carbocycles. The number of nitrogens with zero attached hydrogens (tertiary/aromatic N) is 2. The lowest BCUT2D eigenvalue weighted by molar-refractivity contribution is 0.191. The Hall–Kier alpha value is -0.0400. The predicted molar refractivity (Wildman–Crippen MR) is 106 cm³/mol. The molecule has 0 aromatic carbocycles. The molecule has 0 radical (unpaired) electrons. The molecular formula is C17H35IN4. The van der Waals surface area contributed by atoms with Gasteiger partial charge >= 0.3 is 0 Å². The van der Waals surface area contributed by atoms with Crippen LogP contribution < -0.4 is 11.1 Å². The number of hydrogen-bond acceptors (Lipinski definition) is 2.